The van der Waals surface area contributed by atoms with Crippen LogP contribution in [-0.4, -0.2) is 32.3 Å². The van der Waals surface area contributed by atoms with Gasteiger partial charge in [-0.05, 0) is 62.1 Å². The minimum absolute atomic E-state index is 0.0233. The maximum Gasteiger partial charge on any atom is 0.322 e. The molecule has 1 fully saturated rings. The lowest BCUT2D eigenvalue weighted by Crippen LogP contribution is -2.16. The number of rotatable bonds is 7. The van der Waals surface area contributed by atoms with E-state index in [1.807, 2.05) is 24.3 Å². The number of carboxylic acid groups (broad SMARTS) is 1. The van der Waals surface area contributed by atoms with Gasteiger partial charge in [0.2, 0.25) is 5.88 Å². The standard InChI is InChI=1S/C21H23N5O5/c1-12-10-17(31-26-12)23-21-25-24-20(30-21)19(29)22-16-8-6-15(7-9-16)14-4-2-13(3-5-14)11-18(27)28/h6-10,13-14H,2-5,11H2,1H3,(H,22,29)(H,23,25)(H,27,28)/t13-,14-. The summed E-state index contributed by atoms with van der Waals surface area (Å²) in [4.78, 5) is 23.2. The Morgan fingerprint density at radius 2 is 1.87 bits per heavy atom. The Morgan fingerprint density at radius 1 is 1.13 bits per heavy atom. The van der Waals surface area contributed by atoms with E-state index in [0.717, 1.165) is 25.7 Å². The summed E-state index contributed by atoms with van der Waals surface area (Å²) in [5, 5.41) is 25.7. The highest BCUT2D eigenvalue weighted by Crippen LogP contribution is 2.37. The molecule has 162 valence electrons. The van der Waals surface area contributed by atoms with Crippen LogP contribution in [0.25, 0.3) is 0 Å². The third-order valence-corrected chi connectivity index (χ3v) is 5.43. The van der Waals surface area contributed by atoms with Crippen molar-refractivity contribution in [3.8, 4) is 0 Å². The Kier molecular flexibility index (Phi) is 5.96. The average Bonchev–Trinajstić information content (AvgIpc) is 3.38. The van der Waals surface area contributed by atoms with Gasteiger partial charge < -0.3 is 19.4 Å². The van der Waals surface area contributed by atoms with E-state index in [4.69, 9.17) is 14.0 Å². The van der Waals surface area contributed by atoms with Crippen LogP contribution in [-0.2, 0) is 4.79 Å². The van der Waals surface area contributed by atoms with E-state index in [0.29, 0.717) is 23.2 Å². The molecule has 0 unspecified atom stereocenters. The number of anilines is 3. The number of nitrogens with one attached hydrogen (secondary N) is 2. The quantitative estimate of drug-likeness (QED) is 0.509. The number of carbonyl (C=O) groups excluding carboxylic acids is 1. The summed E-state index contributed by atoms with van der Waals surface area (Å²) in [7, 11) is 0. The summed E-state index contributed by atoms with van der Waals surface area (Å²) in [6, 6.07) is 9.34. The largest absolute Gasteiger partial charge is 0.481 e. The van der Waals surface area contributed by atoms with Crippen molar-refractivity contribution in [2.45, 2.75) is 44.9 Å². The molecule has 1 amide bonds. The van der Waals surface area contributed by atoms with Gasteiger partial charge in [0, 0.05) is 18.2 Å². The number of hydrogen-bond acceptors (Lipinski definition) is 8. The van der Waals surface area contributed by atoms with Crippen molar-refractivity contribution < 1.29 is 23.6 Å². The number of hydrogen-bond donors (Lipinski definition) is 3. The lowest BCUT2D eigenvalue weighted by Gasteiger charge is -2.28. The molecule has 0 radical (unpaired) electrons. The fraction of sp³-hybridized carbons (Fsp3) is 0.381. The van der Waals surface area contributed by atoms with Gasteiger partial charge in [-0.25, -0.2) is 0 Å². The molecule has 0 saturated heterocycles. The molecule has 0 spiro atoms. The van der Waals surface area contributed by atoms with E-state index >= 15 is 0 Å². The molecular weight excluding hydrogens is 402 g/mol. The molecule has 3 N–H and O–H groups in total. The number of amides is 1. The van der Waals surface area contributed by atoms with Crippen LogP contribution in [0.1, 0.15) is 60.0 Å². The van der Waals surface area contributed by atoms with Gasteiger partial charge in [-0.2, -0.15) is 0 Å². The minimum Gasteiger partial charge on any atom is -0.481 e. The van der Waals surface area contributed by atoms with Crippen molar-refractivity contribution in [1.82, 2.24) is 15.4 Å². The van der Waals surface area contributed by atoms with Gasteiger partial charge in [0.05, 0.1) is 5.69 Å². The van der Waals surface area contributed by atoms with Gasteiger partial charge in [-0.15, -0.1) is 5.10 Å². The van der Waals surface area contributed by atoms with E-state index in [1.165, 1.54) is 5.56 Å². The van der Waals surface area contributed by atoms with Gasteiger partial charge in [0.1, 0.15) is 0 Å². The van der Waals surface area contributed by atoms with Crippen LogP contribution in [0.4, 0.5) is 17.6 Å². The number of carboxylic acids is 1. The highest BCUT2D eigenvalue weighted by molar-refractivity contribution is 6.00. The van der Waals surface area contributed by atoms with E-state index in [-0.39, 0.29) is 24.2 Å². The molecule has 1 aliphatic rings. The van der Waals surface area contributed by atoms with Crippen LogP contribution < -0.4 is 10.6 Å². The van der Waals surface area contributed by atoms with Crippen LogP contribution in [0.5, 0.6) is 0 Å². The first-order valence-corrected chi connectivity index (χ1v) is 10.1. The second kappa shape index (κ2) is 8.99. The Morgan fingerprint density at radius 3 is 2.52 bits per heavy atom. The first-order chi connectivity index (χ1) is 15.0. The lowest BCUT2D eigenvalue weighted by molar-refractivity contribution is -0.138. The number of benzene rings is 1. The fourth-order valence-corrected chi connectivity index (χ4v) is 3.86. The smallest absolute Gasteiger partial charge is 0.322 e. The first kappa shape index (κ1) is 20.6. The zero-order valence-corrected chi connectivity index (χ0v) is 17.0. The highest BCUT2D eigenvalue weighted by atomic mass is 16.5. The van der Waals surface area contributed by atoms with Gasteiger partial charge in [-0.1, -0.05) is 22.4 Å². The SMILES string of the molecule is Cc1cc(Nc2nnc(C(=O)Nc3ccc([C@H]4CC[C@H](CC(=O)O)CC4)cc3)o2)on1. The molecular formula is C21H23N5O5. The van der Waals surface area contributed by atoms with Crippen LogP contribution in [0.15, 0.2) is 39.3 Å². The molecule has 31 heavy (non-hydrogen) atoms. The molecule has 4 rings (SSSR count). The molecule has 0 aliphatic heterocycles. The van der Waals surface area contributed by atoms with Crippen LogP contribution in [0, 0.1) is 12.8 Å². The zero-order chi connectivity index (χ0) is 21.8. The van der Waals surface area contributed by atoms with Gasteiger partial charge >= 0.3 is 23.8 Å². The molecule has 10 heteroatoms. The fourth-order valence-electron chi connectivity index (χ4n) is 3.86. The van der Waals surface area contributed by atoms with Crippen molar-refractivity contribution in [1.29, 1.82) is 0 Å². The summed E-state index contributed by atoms with van der Waals surface area (Å²) in [5.74, 6) is -0.398. The van der Waals surface area contributed by atoms with Crippen LogP contribution in [0.3, 0.4) is 0 Å². The summed E-state index contributed by atoms with van der Waals surface area (Å²) >= 11 is 0. The molecule has 3 aromatic rings. The average molecular weight is 425 g/mol. The number of aryl methyl sites for hydroxylation is 1. The predicted molar refractivity (Wildman–Crippen MR) is 110 cm³/mol. The second-order valence-corrected chi connectivity index (χ2v) is 7.76. The Hall–Kier alpha value is -3.69. The van der Waals surface area contributed by atoms with E-state index in [2.05, 4.69) is 26.0 Å². The van der Waals surface area contributed by atoms with Gasteiger partial charge in [-0.3, -0.25) is 14.9 Å². The van der Waals surface area contributed by atoms with Crippen molar-refractivity contribution in [2.75, 3.05) is 10.6 Å². The number of carbonyl (C=O) groups is 2. The minimum atomic E-state index is -0.722. The topological polar surface area (TPSA) is 143 Å². The van der Waals surface area contributed by atoms with Gasteiger partial charge in [0.25, 0.3) is 0 Å². The second-order valence-electron chi connectivity index (χ2n) is 7.76. The van der Waals surface area contributed by atoms with Crippen molar-refractivity contribution in [3.05, 3.63) is 47.5 Å². The molecule has 0 bridgehead atoms. The number of aromatic nitrogens is 3. The molecule has 0 atom stereocenters. The maximum absolute atomic E-state index is 12.4. The van der Waals surface area contributed by atoms with E-state index < -0.39 is 11.9 Å². The first-order valence-electron chi connectivity index (χ1n) is 10.1. The molecule has 1 aliphatic carbocycles. The molecule has 2 aromatic heterocycles. The summed E-state index contributed by atoms with van der Waals surface area (Å²) < 4.78 is 10.3. The molecule has 1 saturated carbocycles. The Bertz CT molecular complexity index is 1050. The van der Waals surface area contributed by atoms with Crippen molar-refractivity contribution >= 4 is 29.5 Å². The van der Waals surface area contributed by atoms with Crippen molar-refractivity contribution in [3.63, 3.8) is 0 Å². The summed E-state index contributed by atoms with van der Waals surface area (Å²) in [6.07, 6.45) is 4.06. The third kappa shape index (κ3) is 5.27. The molecule has 2 heterocycles. The number of aliphatic carboxylic acids is 1. The zero-order valence-electron chi connectivity index (χ0n) is 17.0. The summed E-state index contributed by atoms with van der Waals surface area (Å²) in [6.45, 7) is 1.77. The Balaban J connectivity index is 1.31. The lowest BCUT2D eigenvalue weighted by atomic mass is 9.77. The van der Waals surface area contributed by atoms with Gasteiger partial charge in [0.15, 0.2) is 0 Å². The predicted octanol–water partition coefficient (Wildman–Crippen LogP) is 4.11. The number of nitrogens with zero attached hydrogens (tertiary/aromatic N) is 3. The van der Waals surface area contributed by atoms with E-state index in [1.54, 1.807) is 13.0 Å². The van der Waals surface area contributed by atoms with E-state index in [9.17, 15) is 9.59 Å². The highest BCUT2D eigenvalue weighted by Gasteiger charge is 2.24. The summed E-state index contributed by atoms with van der Waals surface area (Å²) in [5.41, 5.74) is 2.50. The third-order valence-electron chi connectivity index (χ3n) is 5.43. The Labute approximate surface area is 178 Å². The molecule has 1 aromatic carbocycles. The normalized spacial score (nSPS) is 18.5. The van der Waals surface area contributed by atoms with Crippen molar-refractivity contribution in [2.24, 2.45) is 5.92 Å². The van der Waals surface area contributed by atoms with Crippen LogP contribution in [0.2, 0.25) is 0 Å². The molecule has 10 nitrogen and oxygen atoms in total. The maximum atomic E-state index is 12.4. The monoisotopic (exact) mass is 425 g/mol. The van der Waals surface area contributed by atoms with Crippen LogP contribution >= 0.6 is 0 Å².